The van der Waals surface area contributed by atoms with Gasteiger partial charge in [-0.15, -0.1) is 11.3 Å². The Hall–Kier alpha value is -6.71. The Balaban J connectivity index is 1.29. The predicted octanol–water partition coefficient (Wildman–Crippen LogP) is 10.4. The predicted molar refractivity (Wildman–Crippen MR) is 263 cm³/mol. The summed E-state index contributed by atoms with van der Waals surface area (Å²) >= 11 is 1.48. The van der Waals surface area contributed by atoms with Crippen LogP contribution in [0.15, 0.2) is 138 Å². The molecule has 0 aliphatic carbocycles. The third-order valence-corrected chi connectivity index (χ3v) is 11.0. The normalized spacial score (nSPS) is 12.8. The van der Waals surface area contributed by atoms with E-state index in [9.17, 15) is 0 Å². The summed E-state index contributed by atoms with van der Waals surface area (Å²) in [4.78, 5) is 25.8. The van der Waals surface area contributed by atoms with Crippen molar-refractivity contribution in [2.75, 3.05) is 0 Å². The van der Waals surface area contributed by atoms with Gasteiger partial charge in [-0.3, -0.25) is 4.98 Å². The SMILES string of the molecule is [B]c1nc(/C=C(\C=C)n2c(C)c(/C=C\C)c(/C=C(C=C)/C(C)=C/C(=C\C=BC)c3nc4ccc(-c5nc(-c6ccccc6)nc(-c6ccccc6)n5)cc4o3)c2[B]C)c(C)s1. The second-order valence-corrected chi connectivity index (χ2v) is 15.4. The molecule has 4 aromatic heterocycles. The largest absolute Gasteiger partial charge is 0.136 e. The van der Waals surface area contributed by atoms with Crippen molar-refractivity contribution < 1.29 is 4.42 Å². The molecule has 0 N–H and O–H groups in total. The van der Waals surface area contributed by atoms with Gasteiger partial charge in [-0.05, 0) is 6.92 Å². The van der Waals surface area contributed by atoms with Crippen molar-refractivity contribution in [1.29, 1.82) is 0 Å². The molecule has 7 aromatic rings. The van der Waals surface area contributed by atoms with Crippen molar-refractivity contribution in [3.63, 3.8) is 0 Å². The molecule has 0 saturated carbocycles. The molecule has 11 heteroatoms. The van der Waals surface area contributed by atoms with Crippen LogP contribution in [-0.2, 0) is 0 Å². The fourth-order valence-electron chi connectivity index (χ4n) is 7.13. The molecule has 61 heavy (non-hydrogen) atoms. The Kier molecular flexibility index (Phi) is 13.3. The molecule has 0 aliphatic rings. The van der Waals surface area contributed by atoms with E-state index in [1.807, 2.05) is 144 Å². The summed E-state index contributed by atoms with van der Waals surface area (Å²) in [6.45, 7) is 22.7. The van der Waals surface area contributed by atoms with E-state index in [1.165, 1.54) is 11.3 Å². The van der Waals surface area contributed by atoms with Gasteiger partial charge < -0.3 is 0 Å². The van der Waals surface area contributed by atoms with Gasteiger partial charge >= 0.3 is 253 Å². The number of thiazole rings is 1. The van der Waals surface area contributed by atoms with E-state index in [2.05, 4.69) is 68.1 Å². The Morgan fingerprint density at radius 2 is 1.46 bits per heavy atom. The van der Waals surface area contributed by atoms with Crippen LogP contribution < -0.4 is 10.5 Å². The molecule has 0 unspecified atom stereocenters. The van der Waals surface area contributed by atoms with Gasteiger partial charge in [0.1, 0.15) is 0 Å². The first-order chi connectivity index (χ1) is 29.7. The van der Waals surface area contributed by atoms with Crippen LogP contribution in [0.25, 0.3) is 74.8 Å². The fraction of sp³-hybridized carbons (Fsp3) is 0.120. The molecule has 3 aromatic carbocycles. The molecule has 0 fully saturated rings. The van der Waals surface area contributed by atoms with Crippen molar-refractivity contribution >= 4 is 90.4 Å². The molecule has 0 saturated heterocycles. The third kappa shape index (κ3) is 9.22. The quantitative estimate of drug-likeness (QED) is 0.0804. The van der Waals surface area contributed by atoms with Crippen molar-refractivity contribution in [1.82, 2.24) is 29.5 Å². The first-order valence-corrected chi connectivity index (χ1v) is 20.9. The maximum atomic E-state index is 6.54. The molecule has 295 valence electrons. The smallest absolute Gasteiger partial charge is 0.0281 e. The number of benzene rings is 3. The number of oxazole rings is 1. The number of aromatic nitrogens is 6. The Labute approximate surface area is 365 Å². The van der Waals surface area contributed by atoms with Gasteiger partial charge in [0, 0.05) is 9.78 Å². The Bertz CT molecular complexity index is 2890. The van der Waals surface area contributed by atoms with Crippen LogP contribution in [0.5, 0.6) is 0 Å². The minimum atomic E-state index is 0.483. The minimum absolute atomic E-state index is 0.483. The van der Waals surface area contributed by atoms with Gasteiger partial charge in [0.2, 0.25) is 0 Å². The van der Waals surface area contributed by atoms with Gasteiger partial charge in [0.05, 0.1) is 5.69 Å². The molecule has 0 aliphatic heterocycles. The van der Waals surface area contributed by atoms with Gasteiger partial charge in [-0.1, -0.05) is 67.2 Å². The number of hydrogen-bond donors (Lipinski definition) is 0. The summed E-state index contributed by atoms with van der Waals surface area (Å²) in [6, 6.07) is 25.7. The van der Waals surface area contributed by atoms with Crippen LogP contribution >= 0.6 is 11.3 Å². The van der Waals surface area contributed by atoms with Crippen LogP contribution in [0.4, 0.5) is 0 Å². The standard InChI is InChI=1S/C50H44B3N6OS/c1-9-18-40-32(5)59(39(11-3)30-43-33(6)61-50(51)55-43)45(53-8)41(40)28-34(10-2)31(4)27-38(25-26-52-7)49-54-42-24-23-37(29-44(42)60-49)48-57-46(35-19-14-12-15-20-35)56-47(58-48)36-21-16-13-17-22-36/h9-30H,2-3H2,1,4-8H3/b18-9-,31-27+,34-28+,38-25+,39-30+. The van der Waals surface area contributed by atoms with Crippen molar-refractivity contribution in [2.45, 2.75) is 41.3 Å². The average molecular weight is 809 g/mol. The topological polar surface area (TPSA) is 82.5 Å². The molecular formula is C50H44B3N6OS. The van der Waals surface area contributed by atoms with Crippen LogP contribution in [-0.4, -0.2) is 57.5 Å². The second-order valence-electron chi connectivity index (χ2n) is 14.2. The summed E-state index contributed by atoms with van der Waals surface area (Å²) < 4.78 is 8.75. The number of rotatable bonds is 14. The second kappa shape index (κ2) is 19.1. The Morgan fingerprint density at radius 3 is 2.02 bits per heavy atom. The van der Waals surface area contributed by atoms with E-state index in [1.54, 1.807) is 0 Å². The van der Waals surface area contributed by atoms with Gasteiger partial charge in [0.15, 0.2) is 7.85 Å². The summed E-state index contributed by atoms with van der Waals surface area (Å²) in [7, 11) is 8.18. The number of nitrogens with zero attached hydrogens (tertiary/aromatic N) is 6. The van der Waals surface area contributed by atoms with Gasteiger partial charge in [0.25, 0.3) is 0 Å². The van der Waals surface area contributed by atoms with Crippen LogP contribution in [0, 0.1) is 13.8 Å². The number of allylic oxidation sites excluding steroid dienone is 9. The Morgan fingerprint density at radius 1 is 0.803 bits per heavy atom. The fourth-order valence-corrected chi connectivity index (χ4v) is 7.80. The van der Waals surface area contributed by atoms with E-state index >= 15 is 0 Å². The summed E-state index contributed by atoms with van der Waals surface area (Å²) in [6.07, 6.45) is 16.3. The van der Waals surface area contributed by atoms with E-state index in [4.69, 9.17) is 32.2 Å². The number of hydrogen-bond acceptors (Lipinski definition) is 7. The van der Waals surface area contributed by atoms with E-state index in [0.29, 0.717) is 39.4 Å². The number of fused-ring (bicyclic) bond motifs is 1. The van der Waals surface area contributed by atoms with E-state index < -0.39 is 0 Å². The third-order valence-electron chi connectivity index (χ3n) is 10.1. The summed E-state index contributed by atoms with van der Waals surface area (Å²) in [5.41, 5.74) is 12.6. The minimum Gasteiger partial charge on any atom is -0.136 e. The molecular weight excluding hydrogens is 765 g/mol. The van der Waals surface area contributed by atoms with Crippen LogP contribution in [0.1, 0.15) is 47.1 Å². The maximum Gasteiger partial charge on any atom is 0.0281 e. The molecule has 3 radical (unpaired) electrons. The number of aryl methyl sites for hydroxylation is 1. The van der Waals surface area contributed by atoms with Crippen molar-refractivity contribution in [2.24, 2.45) is 0 Å². The molecule has 0 spiro atoms. The molecule has 0 bridgehead atoms. The maximum absolute atomic E-state index is 6.54. The zero-order valence-corrected chi connectivity index (χ0v) is 36.2. The van der Waals surface area contributed by atoms with Gasteiger partial charge in [-0.25, -0.2) is 0 Å². The first kappa shape index (κ1) is 42.4. The van der Waals surface area contributed by atoms with Crippen molar-refractivity contribution in [3.05, 3.63) is 167 Å². The van der Waals surface area contributed by atoms with E-state index in [-0.39, 0.29) is 0 Å². The van der Waals surface area contributed by atoms with Crippen LogP contribution in [0.3, 0.4) is 0 Å². The zero-order chi connectivity index (χ0) is 43.0. The van der Waals surface area contributed by atoms with Crippen molar-refractivity contribution in [3.8, 4) is 34.2 Å². The molecule has 7 rings (SSSR count). The molecule has 4 heterocycles. The summed E-state index contributed by atoms with van der Waals surface area (Å²) in [5.74, 6) is 4.19. The molecule has 7 nitrogen and oxygen atoms in total. The first-order valence-electron chi connectivity index (χ1n) is 20.0. The molecule has 0 amide bonds. The monoisotopic (exact) mass is 809 g/mol. The summed E-state index contributed by atoms with van der Waals surface area (Å²) in [5, 5.41) is 0. The van der Waals surface area contributed by atoms with Gasteiger partial charge in [-0.2, -0.15) is 0 Å². The molecule has 0 atom stereocenters. The van der Waals surface area contributed by atoms with E-state index in [0.717, 1.165) is 72.1 Å². The average Bonchev–Trinajstić information content (AvgIpc) is 3.94. The van der Waals surface area contributed by atoms with Crippen LogP contribution in [0.2, 0.25) is 13.6 Å². The zero-order valence-electron chi connectivity index (χ0n) is 35.3.